The van der Waals surface area contributed by atoms with Gasteiger partial charge in [-0.25, -0.2) is 13.1 Å². The smallest absolute Gasteiger partial charge is 0.253 e. The molecule has 1 aliphatic heterocycles. The number of benzene rings is 2. The molecule has 164 valence electrons. The first-order valence-electron chi connectivity index (χ1n) is 10.4. The number of nitriles is 1. The van der Waals surface area contributed by atoms with Crippen LogP contribution in [0.2, 0.25) is 0 Å². The summed E-state index contributed by atoms with van der Waals surface area (Å²) >= 11 is 0. The standard InChI is InChI=1S/C23H28N4O3S/c1-18(2)25-31(29,30)22-10-8-21(9-11-22)23(28)27-13-3-12-26(14-15-27)17-20-6-4-19(16-24)5-7-20/h4-11,18,25H,3,12-15,17H2,1-2H3. The Morgan fingerprint density at radius 2 is 1.71 bits per heavy atom. The van der Waals surface area contributed by atoms with E-state index in [1.807, 2.05) is 29.2 Å². The SMILES string of the molecule is CC(C)NS(=O)(=O)c1ccc(C(=O)N2CCCN(Cc3ccc(C#N)cc3)CC2)cc1. The van der Waals surface area contributed by atoms with Crippen molar-refractivity contribution in [3.05, 3.63) is 65.2 Å². The molecule has 3 rings (SSSR count). The molecule has 0 aliphatic carbocycles. The fourth-order valence-corrected chi connectivity index (χ4v) is 4.86. The normalized spacial score (nSPS) is 15.5. The van der Waals surface area contributed by atoms with E-state index in [2.05, 4.69) is 15.7 Å². The van der Waals surface area contributed by atoms with Crippen molar-refractivity contribution in [2.45, 2.75) is 37.8 Å². The van der Waals surface area contributed by atoms with Gasteiger partial charge in [-0.2, -0.15) is 5.26 Å². The van der Waals surface area contributed by atoms with Gasteiger partial charge in [-0.3, -0.25) is 9.69 Å². The molecule has 1 aliphatic rings. The minimum absolute atomic E-state index is 0.0824. The average molecular weight is 441 g/mol. The van der Waals surface area contributed by atoms with Crippen LogP contribution in [0, 0.1) is 11.3 Å². The monoisotopic (exact) mass is 440 g/mol. The highest BCUT2D eigenvalue weighted by molar-refractivity contribution is 7.89. The van der Waals surface area contributed by atoms with Gasteiger partial charge >= 0.3 is 0 Å². The highest BCUT2D eigenvalue weighted by Gasteiger charge is 2.21. The van der Waals surface area contributed by atoms with Crippen molar-refractivity contribution in [2.24, 2.45) is 0 Å². The summed E-state index contributed by atoms with van der Waals surface area (Å²) in [5.41, 5.74) is 2.28. The molecule has 0 spiro atoms. The Bertz CT molecular complexity index is 1040. The third kappa shape index (κ3) is 6.14. The third-order valence-electron chi connectivity index (χ3n) is 5.17. The predicted molar refractivity (Wildman–Crippen MR) is 119 cm³/mol. The lowest BCUT2D eigenvalue weighted by molar-refractivity contribution is 0.0761. The lowest BCUT2D eigenvalue weighted by Gasteiger charge is -2.22. The Morgan fingerprint density at radius 1 is 1.03 bits per heavy atom. The van der Waals surface area contributed by atoms with Crippen LogP contribution in [0.5, 0.6) is 0 Å². The summed E-state index contributed by atoms with van der Waals surface area (Å²) in [6.45, 7) is 7.24. The van der Waals surface area contributed by atoms with Gasteiger partial charge < -0.3 is 4.90 Å². The first-order valence-corrected chi connectivity index (χ1v) is 11.9. The van der Waals surface area contributed by atoms with Gasteiger partial charge in [0.25, 0.3) is 5.91 Å². The molecular weight excluding hydrogens is 412 g/mol. The summed E-state index contributed by atoms with van der Waals surface area (Å²) in [4.78, 5) is 17.2. The van der Waals surface area contributed by atoms with Crippen molar-refractivity contribution < 1.29 is 13.2 Å². The number of nitrogens with one attached hydrogen (secondary N) is 1. The van der Waals surface area contributed by atoms with Crippen molar-refractivity contribution in [3.63, 3.8) is 0 Å². The molecule has 0 radical (unpaired) electrons. The third-order valence-corrected chi connectivity index (χ3v) is 6.84. The minimum atomic E-state index is -3.57. The Hall–Kier alpha value is -2.73. The second kappa shape index (κ2) is 10.1. The van der Waals surface area contributed by atoms with Crippen LogP contribution in [-0.2, 0) is 16.6 Å². The van der Waals surface area contributed by atoms with Crippen molar-refractivity contribution in [1.29, 1.82) is 5.26 Å². The maximum atomic E-state index is 12.9. The lowest BCUT2D eigenvalue weighted by Crippen LogP contribution is -2.35. The van der Waals surface area contributed by atoms with E-state index in [-0.39, 0.29) is 16.8 Å². The molecule has 1 heterocycles. The van der Waals surface area contributed by atoms with Crippen LogP contribution in [0.15, 0.2) is 53.4 Å². The van der Waals surface area contributed by atoms with Gasteiger partial charge in [0.1, 0.15) is 0 Å². The molecule has 0 aromatic heterocycles. The number of hydrogen-bond donors (Lipinski definition) is 1. The number of nitrogens with zero attached hydrogens (tertiary/aromatic N) is 3. The Morgan fingerprint density at radius 3 is 2.32 bits per heavy atom. The van der Waals surface area contributed by atoms with Gasteiger partial charge in [0, 0.05) is 44.3 Å². The van der Waals surface area contributed by atoms with Crippen molar-refractivity contribution in [2.75, 3.05) is 26.2 Å². The number of hydrogen-bond acceptors (Lipinski definition) is 5. The molecule has 1 saturated heterocycles. The molecule has 0 unspecified atom stereocenters. The maximum absolute atomic E-state index is 12.9. The molecule has 0 bridgehead atoms. The zero-order valence-corrected chi connectivity index (χ0v) is 18.7. The van der Waals surface area contributed by atoms with Crippen LogP contribution < -0.4 is 4.72 Å². The van der Waals surface area contributed by atoms with E-state index in [1.165, 1.54) is 12.1 Å². The van der Waals surface area contributed by atoms with E-state index in [4.69, 9.17) is 5.26 Å². The van der Waals surface area contributed by atoms with Gasteiger partial charge in [-0.15, -0.1) is 0 Å². The van der Waals surface area contributed by atoms with Crippen LogP contribution in [0.1, 0.15) is 41.8 Å². The Labute approximate surface area is 184 Å². The summed E-state index contributed by atoms with van der Waals surface area (Å²) in [7, 11) is -3.57. The summed E-state index contributed by atoms with van der Waals surface area (Å²) in [6.07, 6.45) is 0.868. The van der Waals surface area contributed by atoms with Crippen LogP contribution in [0.3, 0.4) is 0 Å². The second-order valence-electron chi connectivity index (χ2n) is 8.03. The quantitative estimate of drug-likeness (QED) is 0.745. The fourth-order valence-electron chi connectivity index (χ4n) is 3.61. The second-order valence-corrected chi connectivity index (χ2v) is 9.74. The minimum Gasteiger partial charge on any atom is -0.337 e. The van der Waals surface area contributed by atoms with Gasteiger partial charge in [-0.05, 0) is 62.2 Å². The molecule has 1 amide bonds. The highest BCUT2D eigenvalue weighted by Crippen LogP contribution is 2.15. The molecule has 2 aromatic carbocycles. The Balaban J connectivity index is 1.60. The van der Waals surface area contributed by atoms with Crippen LogP contribution in [0.4, 0.5) is 0 Å². The average Bonchev–Trinajstić information content (AvgIpc) is 2.98. The first-order chi connectivity index (χ1) is 14.8. The molecule has 0 saturated carbocycles. The molecule has 8 heteroatoms. The van der Waals surface area contributed by atoms with Crippen LogP contribution in [0.25, 0.3) is 0 Å². The maximum Gasteiger partial charge on any atom is 0.253 e. The van der Waals surface area contributed by atoms with E-state index < -0.39 is 10.0 Å². The topological polar surface area (TPSA) is 93.5 Å². The number of carbonyl (C=O) groups is 1. The predicted octanol–water partition coefficient (Wildman–Crippen LogP) is 2.59. The largest absolute Gasteiger partial charge is 0.337 e. The number of sulfonamides is 1. The Kier molecular flexibility index (Phi) is 7.44. The number of rotatable bonds is 6. The van der Waals surface area contributed by atoms with E-state index in [0.717, 1.165) is 31.6 Å². The molecule has 0 atom stereocenters. The zero-order valence-electron chi connectivity index (χ0n) is 17.9. The molecule has 7 nitrogen and oxygen atoms in total. The molecular formula is C23H28N4O3S. The van der Waals surface area contributed by atoms with E-state index in [0.29, 0.717) is 24.2 Å². The summed E-state index contributed by atoms with van der Waals surface area (Å²) in [5, 5.41) is 8.92. The first kappa shape index (κ1) is 22.9. The van der Waals surface area contributed by atoms with Gasteiger partial charge in [-0.1, -0.05) is 12.1 Å². The summed E-state index contributed by atoms with van der Waals surface area (Å²) in [5.74, 6) is -0.0824. The van der Waals surface area contributed by atoms with Crippen molar-refractivity contribution >= 4 is 15.9 Å². The fraction of sp³-hybridized carbons (Fsp3) is 0.391. The molecule has 2 aromatic rings. The van der Waals surface area contributed by atoms with Crippen LogP contribution in [-0.4, -0.2) is 56.3 Å². The van der Waals surface area contributed by atoms with Crippen molar-refractivity contribution in [1.82, 2.24) is 14.5 Å². The van der Waals surface area contributed by atoms with E-state index in [9.17, 15) is 13.2 Å². The number of amides is 1. The number of carbonyl (C=O) groups excluding carboxylic acids is 1. The van der Waals surface area contributed by atoms with Gasteiger partial charge in [0.2, 0.25) is 10.0 Å². The highest BCUT2D eigenvalue weighted by atomic mass is 32.2. The van der Waals surface area contributed by atoms with Gasteiger partial charge in [0.05, 0.1) is 16.5 Å². The van der Waals surface area contributed by atoms with E-state index >= 15 is 0 Å². The van der Waals surface area contributed by atoms with Crippen LogP contribution >= 0.6 is 0 Å². The van der Waals surface area contributed by atoms with Crippen molar-refractivity contribution in [3.8, 4) is 6.07 Å². The summed E-state index contributed by atoms with van der Waals surface area (Å²) < 4.78 is 27.1. The van der Waals surface area contributed by atoms with E-state index in [1.54, 1.807) is 26.0 Å². The van der Waals surface area contributed by atoms with Gasteiger partial charge in [0.15, 0.2) is 0 Å². The zero-order chi connectivity index (χ0) is 22.4. The molecule has 1 fully saturated rings. The molecule has 31 heavy (non-hydrogen) atoms. The lowest BCUT2D eigenvalue weighted by atomic mass is 10.1. The summed E-state index contributed by atoms with van der Waals surface area (Å²) in [6, 6.07) is 15.6. The molecule has 1 N–H and O–H groups in total.